The van der Waals surface area contributed by atoms with Gasteiger partial charge in [-0.3, -0.25) is 4.79 Å². The van der Waals surface area contributed by atoms with Crippen LogP contribution in [0.15, 0.2) is 60.7 Å². The Balaban J connectivity index is 1.58. The zero-order valence-electron chi connectivity index (χ0n) is 16.5. The zero-order chi connectivity index (χ0) is 22.2. The van der Waals surface area contributed by atoms with Crippen LogP contribution in [0.25, 0.3) is 12.2 Å². The molecule has 1 heterocycles. The van der Waals surface area contributed by atoms with Crippen molar-refractivity contribution in [2.45, 2.75) is 19.8 Å². The lowest BCUT2D eigenvalue weighted by atomic mass is 10.0. The predicted octanol–water partition coefficient (Wildman–Crippen LogP) is 5.93. The van der Waals surface area contributed by atoms with Crippen LogP contribution in [0.3, 0.4) is 0 Å². The molecular formula is C24H18F3NO3. The first-order valence-electron chi connectivity index (χ1n) is 9.48. The zero-order valence-corrected chi connectivity index (χ0v) is 16.5. The minimum Gasteiger partial charge on any atom is -0.508 e. The van der Waals surface area contributed by atoms with Crippen molar-refractivity contribution in [3.63, 3.8) is 0 Å². The summed E-state index contributed by atoms with van der Waals surface area (Å²) in [5, 5.41) is 9.66. The largest absolute Gasteiger partial charge is 0.573 e. The minimum absolute atomic E-state index is 0.213. The summed E-state index contributed by atoms with van der Waals surface area (Å²) in [7, 11) is 0. The van der Waals surface area contributed by atoms with Gasteiger partial charge < -0.3 is 14.7 Å². The van der Waals surface area contributed by atoms with Crippen molar-refractivity contribution < 1.29 is 27.8 Å². The second-order valence-electron chi connectivity index (χ2n) is 7.19. The molecule has 0 saturated heterocycles. The van der Waals surface area contributed by atoms with Gasteiger partial charge in [0.1, 0.15) is 11.5 Å². The summed E-state index contributed by atoms with van der Waals surface area (Å²) in [6.45, 7) is 2.12. The smallest absolute Gasteiger partial charge is 0.508 e. The number of carbonyl (C=O) groups is 1. The van der Waals surface area contributed by atoms with E-state index in [4.69, 9.17) is 0 Å². The minimum atomic E-state index is -4.77. The molecule has 0 aliphatic carbocycles. The molecule has 0 bridgehead atoms. The number of aryl methyl sites for hydroxylation is 1. The Morgan fingerprint density at radius 3 is 2.45 bits per heavy atom. The van der Waals surface area contributed by atoms with Crippen molar-refractivity contribution in [2.24, 2.45) is 0 Å². The number of alkyl halides is 3. The molecule has 4 nitrogen and oxygen atoms in total. The van der Waals surface area contributed by atoms with Crippen LogP contribution in [0.2, 0.25) is 0 Å². The monoisotopic (exact) mass is 425 g/mol. The average Bonchev–Trinajstić information content (AvgIpc) is 3.06. The number of aromatic hydroxyl groups is 1. The standard InChI is InChI=1S/C24H18F3NO3/c1-15-13-16(6-12-22(15)29)5-7-17-3-2-4-20-21(17)14-28(23(20)30)18-8-10-19(11-9-18)31-24(25,26)27/h2-13,29H,14H2,1H3/b7-5+. The summed E-state index contributed by atoms with van der Waals surface area (Å²) in [6.07, 6.45) is -0.960. The van der Waals surface area contributed by atoms with Gasteiger partial charge in [-0.1, -0.05) is 30.4 Å². The van der Waals surface area contributed by atoms with E-state index in [9.17, 15) is 23.1 Å². The first-order valence-corrected chi connectivity index (χ1v) is 9.48. The van der Waals surface area contributed by atoms with Gasteiger partial charge in [0.15, 0.2) is 0 Å². The number of carbonyl (C=O) groups excluding carboxylic acids is 1. The number of hydrogen-bond acceptors (Lipinski definition) is 3. The van der Waals surface area contributed by atoms with E-state index in [1.165, 1.54) is 29.2 Å². The van der Waals surface area contributed by atoms with E-state index < -0.39 is 6.36 Å². The van der Waals surface area contributed by atoms with Gasteiger partial charge in [-0.25, -0.2) is 0 Å². The molecule has 0 spiro atoms. The van der Waals surface area contributed by atoms with Crippen molar-refractivity contribution in [1.82, 2.24) is 0 Å². The van der Waals surface area contributed by atoms with Crippen LogP contribution >= 0.6 is 0 Å². The fourth-order valence-electron chi connectivity index (χ4n) is 3.52. The van der Waals surface area contributed by atoms with Crippen molar-refractivity contribution >= 4 is 23.7 Å². The molecule has 0 unspecified atom stereocenters. The van der Waals surface area contributed by atoms with E-state index in [1.54, 1.807) is 24.3 Å². The highest BCUT2D eigenvalue weighted by Gasteiger charge is 2.32. The SMILES string of the molecule is Cc1cc(/C=C/c2cccc3c2CN(c2ccc(OC(F)(F)F)cc2)C3=O)ccc1O. The summed E-state index contributed by atoms with van der Waals surface area (Å²) < 4.78 is 41.0. The summed E-state index contributed by atoms with van der Waals surface area (Å²) in [5.41, 5.74) is 4.43. The van der Waals surface area contributed by atoms with Gasteiger partial charge in [-0.2, -0.15) is 0 Å². The molecule has 0 atom stereocenters. The fraction of sp³-hybridized carbons (Fsp3) is 0.125. The Kier molecular flexibility index (Phi) is 5.19. The maximum atomic E-state index is 12.9. The lowest BCUT2D eigenvalue weighted by Crippen LogP contribution is -2.23. The molecule has 158 valence electrons. The number of phenolic OH excluding ortho intramolecular Hbond substituents is 1. The van der Waals surface area contributed by atoms with Crippen LogP contribution in [0.4, 0.5) is 18.9 Å². The lowest BCUT2D eigenvalue weighted by Gasteiger charge is -2.16. The molecule has 4 rings (SSSR count). The van der Waals surface area contributed by atoms with E-state index in [2.05, 4.69) is 4.74 Å². The molecule has 0 saturated carbocycles. The predicted molar refractivity (Wildman–Crippen MR) is 112 cm³/mol. The topological polar surface area (TPSA) is 49.8 Å². The van der Waals surface area contributed by atoms with Crippen LogP contribution in [-0.4, -0.2) is 17.4 Å². The van der Waals surface area contributed by atoms with Crippen LogP contribution in [0.1, 0.15) is 32.6 Å². The summed E-state index contributed by atoms with van der Waals surface area (Å²) in [6, 6.07) is 15.9. The quantitative estimate of drug-likeness (QED) is 0.527. The van der Waals surface area contributed by atoms with Gasteiger partial charge in [0.2, 0.25) is 0 Å². The third-order valence-electron chi connectivity index (χ3n) is 5.06. The molecule has 1 N–H and O–H groups in total. The van der Waals surface area contributed by atoms with Crippen molar-refractivity contribution in [3.05, 3.63) is 88.5 Å². The molecule has 3 aromatic rings. The Labute approximate surface area is 176 Å². The molecule has 7 heteroatoms. The third kappa shape index (κ3) is 4.40. The third-order valence-corrected chi connectivity index (χ3v) is 5.06. The van der Waals surface area contributed by atoms with E-state index >= 15 is 0 Å². The van der Waals surface area contributed by atoms with Crippen molar-refractivity contribution in [1.29, 1.82) is 0 Å². The normalized spacial score (nSPS) is 13.7. The van der Waals surface area contributed by atoms with Gasteiger partial charge in [-0.05, 0) is 71.6 Å². The molecular weight excluding hydrogens is 407 g/mol. The Hall–Kier alpha value is -3.74. The number of phenols is 1. The van der Waals surface area contributed by atoms with Crippen molar-refractivity contribution in [3.8, 4) is 11.5 Å². The molecule has 1 aliphatic rings. The van der Waals surface area contributed by atoms with Gasteiger partial charge in [-0.15, -0.1) is 13.2 Å². The van der Waals surface area contributed by atoms with E-state index in [1.807, 2.05) is 31.2 Å². The summed E-state index contributed by atoms with van der Waals surface area (Å²) in [4.78, 5) is 14.4. The number of fused-ring (bicyclic) bond motifs is 1. The molecule has 0 fully saturated rings. The number of amides is 1. The molecule has 3 aromatic carbocycles. The van der Waals surface area contributed by atoms with Crippen LogP contribution in [0.5, 0.6) is 11.5 Å². The van der Waals surface area contributed by atoms with Gasteiger partial charge in [0.25, 0.3) is 5.91 Å². The Morgan fingerprint density at radius 2 is 1.77 bits per heavy atom. The second kappa shape index (κ2) is 7.83. The second-order valence-corrected chi connectivity index (χ2v) is 7.19. The molecule has 0 aromatic heterocycles. The van der Waals surface area contributed by atoms with Crippen LogP contribution in [-0.2, 0) is 6.54 Å². The average molecular weight is 425 g/mol. The molecule has 1 aliphatic heterocycles. The number of anilines is 1. The van der Waals surface area contributed by atoms with Crippen LogP contribution in [0, 0.1) is 6.92 Å². The number of rotatable bonds is 4. The van der Waals surface area contributed by atoms with Gasteiger partial charge in [0.05, 0.1) is 6.54 Å². The van der Waals surface area contributed by atoms with Crippen LogP contribution < -0.4 is 9.64 Å². The first-order chi connectivity index (χ1) is 14.7. The Bertz CT molecular complexity index is 1170. The van der Waals surface area contributed by atoms with Gasteiger partial charge >= 0.3 is 6.36 Å². The number of benzene rings is 3. The fourth-order valence-corrected chi connectivity index (χ4v) is 3.52. The van der Waals surface area contributed by atoms with Gasteiger partial charge in [0, 0.05) is 11.3 Å². The van der Waals surface area contributed by atoms with E-state index in [0.717, 1.165) is 22.3 Å². The number of ether oxygens (including phenoxy) is 1. The number of nitrogens with zero attached hydrogens (tertiary/aromatic N) is 1. The summed E-state index contributed by atoms with van der Waals surface area (Å²) in [5.74, 6) is -0.325. The lowest BCUT2D eigenvalue weighted by molar-refractivity contribution is -0.274. The van der Waals surface area contributed by atoms with E-state index in [-0.39, 0.29) is 17.4 Å². The summed E-state index contributed by atoms with van der Waals surface area (Å²) >= 11 is 0. The number of hydrogen-bond donors (Lipinski definition) is 1. The molecule has 0 radical (unpaired) electrons. The Morgan fingerprint density at radius 1 is 1.03 bits per heavy atom. The highest BCUT2D eigenvalue weighted by Crippen LogP contribution is 2.33. The highest BCUT2D eigenvalue weighted by molar-refractivity contribution is 6.10. The first kappa shape index (κ1) is 20.5. The molecule has 1 amide bonds. The number of halogens is 3. The van der Waals surface area contributed by atoms with Crippen molar-refractivity contribution in [2.75, 3.05) is 4.90 Å². The maximum Gasteiger partial charge on any atom is 0.573 e. The molecule has 31 heavy (non-hydrogen) atoms. The maximum absolute atomic E-state index is 12.9. The van der Waals surface area contributed by atoms with E-state index in [0.29, 0.717) is 17.8 Å². The highest BCUT2D eigenvalue weighted by atomic mass is 19.4.